The van der Waals surface area contributed by atoms with Crippen molar-refractivity contribution in [3.8, 4) is 5.75 Å². The molecule has 0 unspecified atom stereocenters. The monoisotopic (exact) mass is 487 g/mol. The molecule has 0 spiro atoms. The summed E-state index contributed by atoms with van der Waals surface area (Å²) in [5.41, 5.74) is 1.00. The molecule has 2 aromatic rings. The van der Waals surface area contributed by atoms with Gasteiger partial charge in [0.25, 0.3) is 0 Å². The van der Waals surface area contributed by atoms with Gasteiger partial charge in [0.2, 0.25) is 5.91 Å². The molecule has 0 aliphatic carbocycles. The first-order valence-corrected chi connectivity index (χ1v) is 8.37. The third-order valence-corrected chi connectivity index (χ3v) is 3.59. The fourth-order valence-corrected chi connectivity index (χ4v) is 2.13. The third kappa shape index (κ3) is 7.81. The van der Waals surface area contributed by atoms with Gasteiger partial charge in [0.1, 0.15) is 24.4 Å². The van der Waals surface area contributed by atoms with Crippen LogP contribution in [0.2, 0.25) is 0 Å². The molecule has 0 saturated carbocycles. The average Bonchev–Trinajstić information content (AvgIpc) is 3.07. The molecule has 10 heteroatoms. The number of hydrogen-bond donors (Lipinski definition) is 3. The number of halogens is 1. The van der Waals surface area contributed by atoms with Crippen LogP contribution in [0.25, 0.3) is 0 Å². The molecular weight excluding hydrogens is 461 g/mol. The van der Waals surface area contributed by atoms with Crippen molar-refractivity contribution in [1.82, 2.24) is 30.7 Å². The number of aryl methyl sites for hydroxylation is 1. The largest absolute Gasteiger partial charge is 0.497 e. The number of aliphatic imine (C=N–C) groups is 1. The summed E-state index contributed by atoms with van der Waals surface area (Å²) in [6.45, 7) is 3.61. The topological polar surface area (TPSA) is 105 Å². The Hall–Kier alpha value is -2.37. The Labute approximate surface area is 176 Å². The minimum atomic E-state index is -0.120. The molecule has 148 valence electrons. The molecule has 1 aromatic heterocycles. The number of amides is 1. The predicted molar refractivity (Wildman–Crippen MR) is 114 cm³/mol. The van der Waals surface area contributed by atoms with Crippen LogP contribution >= 0.6 is 24.0 Å². The van der Waals surface area contributed by atoms with Gasteiger partial charge in [-0.05, 0) is 24.6 Å². The van der Waals surface area contributed by atoms with Crippen molar-refractivity contribution in [3.05, 3.63) is 42.0 Å². The van der Waals surface area contributed by atoms with Crippen LogP contribution in [0, 0.1) is 0 Å². The second-order valence-corrected chi connectivity index (χ2v) is 5.47. The van der Waals surface area contributed by atoms with Crippen LogP contribution < -0.4 is 20.7 Å². The van der Waals surface area contributed by atoms with E-state index in [2.05, 4.69) is 31.0 Å². The van der Waals surface area contributed by atoms with Crippen LogP contribution in [0.15, 0.2) is 35.6 Å². The Morgan fingerprint density at radius 2 is 1.96 bits per heavy atom. The van der Waals surface area contributed by atoms with Gasteiger partial charge in [-0.3, -0.25) is 9.48 Å². The van der Waals surface area contributed by atoms with E-state index in [4.69, 9.17) is 4.74 Å². The molecule has 0 aliphatic heterocycles. The van der Waals surface area contributed by atoms with Gasteiger partial charge in [0.05, 0.1) is 13.7 Å². The highest BCUT2D eigenvalue weighted by Crippen LogP contribution is 2.10. The maximum atomic E-state index is 12.0. The van der Waals surface area contributed by atoms with Gasteiger partial charge in [-0.25, -0.2) is 9.98 Å². The van der Waals surface area contributed by atoms with Crippen LogP contribution in [0.1, 0.15) is 18.3 Å². The van der Waals surface area contributed by atoms with Crippen molar-refractivity contribution in [1.29, 1.82) is 0 Å². The quantitative estimate of drug-likeness (QED) is 0.289. The zero-order valence-electron chi connectivity index (χ0n) is 15.7. The lowest BCUT2D eigenvalue weighted by Gasteiger charge is -2.11. The first kappa shape index (κ1) is 22.7. The lowest BCUT2D eigenvalue weighted by molar-refractivity contribution is -0.120. The Kier molecular flexibility index (Phi) is 10.2. The summed E-state index contributed by atoms with van der Waals surface area (Å²) in [4.78, 5) is 20.6. The first-order chi connectivity index (χ1) is 12.6. The van der Waals surface area contributed by atoms with Crippen molar-refractivity contribution < 1.29 is 9.53 Å². The summed E-state index contributed by atoms with van der Waals surface area (Å²) in [7, 11) is 3.43. The van der Waals surface area contributed by atoms with E-state index in [1.54, 1.807) is 11.8 Å². The van der Waals surface area contributed by atoms with Gasteiger partial charge < -0.3 is 20.7 Å². The fourth-order valence-electron chi connectivity index (χ4n) is 2.13. The van der Waals surface area contributed by atoms with E-state index in [0.717, 1.165) is 17.1 Å². The SMILES string of the molecule is CCNC(=NCc1ncnn1C)NCC(=O)NCc1ccc(OC)cc1.I. The molecule has 3 N–H and O–H groups in total. The summed E-state index contributed by atoms with van der Waals surface area (Å²) in [5.74, 6) is 1.96. The highest BCUT2D eigenvalue weighted by Gasteiger charge is 2.05. The number of carbonyl (C=O) groups is 1. The van der Waals surface area contributed by atoms with E-state index in [1.807, 2.05) is 38.2 Å². The minimum absolute atomic E-state index is 0. The Morgan fingerprint density at radius 3 is 2.56 bits per heavy atom. The van der Waals surface area contributed by atoms with Crippen LogP contribution in [-0.4, -0.2) is 46.8 Å². The van der Waals surface area contributed by atoms with Gasteiger partial charge in [-0.2, -0.15) is 5.10 Å². The van der Waals surface area contributed by atoms with E-state index in [-0.39, 0.29) is 36.4 Å². The van der Waals surface area contributed by atoms with Gasteiger partial charge in [0, 0.05) is 20.1 Å². The van der Waals surface area contributed by atoms with Gasteiger partial charge in [0.15, 0.2) is 5.96 Å². The Morgan fingerprint density at radius 1 is 1.22 bits per heavy atom. The average molecular weight is 487 g/mol. The number of methoxy groups -OCH3 is 1. The molecule has 27 heavy (non-hydrogen) atoms. The zero-order chi connectivity index (χ0) is 18.8. The Bertz CT molecular complexity index is 731. The van der Waals surface area contributed by atoms with E-state index in [1.165, 1.54) is 6.33 Å². The number of hydrogen-bond acceptors (Lipinski definition) is 5. The number of nitrogens with zero attached hydrogens (tertiary/aromatic N) is 4. The van der Waals surface area contributed by atoms with Crippen molar-refractivity contribution in [2.75, 3.05) is 20.2 Å². The number of guanidine groups is 1. The maximum Gasteiger partial charge on any atom is 0.239 e. The van der Waals surface area contributed by atoms with E-state index in [9.17, 15) is 4.79 Å². The van der Waals surface area contributed by atoms with Crippen molar-refractivity contribution in [2.45, 2.75) is 20.0 Å². The summed E-state index contributed by atoms with van der Waals surface area (Å²) in [6, 6.07) is 7.56. The standard InChI is InChI=1S/C17H25N7O2.HI/c1-4-18-17(20-10-15-22-12-23-24(15)2)21-11-16(25)19-9-13-5-7-14(26-3)8-6-13;/h5-8,12H,4,9-11H2,1-3H3,(H,19,25)(H2,18,20,21);1H. The van der Waals surface area contributed by atoms with Crippen molar-refractivity contribution >= 4 is 35.8 Å². The molecule has 0 aliphatic rings. The lowest BCUT2D eigenvalue weighted by atomic mass is 10.2. The zero-order valence-corrected chi connectivity index (χ0v) is 18.1. The van der Waals surface area contributed by atoms with Crippen molar-refractivity contribution in [3.63, 3.8) is 0 Å². The summed E-state index contributed by atoms with van der Waals surface area (Å²) < 4.78 is 6.77. The normalized spacial score (nSPS) is 10.7. The van der Waals surface area contributed by atoms with Crippen LogP contribution in [0.3, 0.4) is 0 Å². The molecule has 0 fully saturated rings. The maximum absolute atomic E-state index is 12.0. The third-order valence-electron chi connectivity index (χ3n) is 3.59. The van der Waals surface area contributed by atoms with E-state index < -0.39 is 0 Å². The predicted octanol–water partition coefficient (Wildman–Crippen LogP) is 0.813. The van der Waals surface area contributed by atoms with Crippen molar-refractivity contribution in [2.24, 2.45) is 12.0 Å². The summed E-state index contributed by atoms with van der Waals surface area (Å²) in [5, 5.41) is 13.0. The fraction of sp³-hybridized carbons (Fsp3) is 0.412. The lowest BCUT2D eigenvalue weighted by Crippen LogP contribution is -2.43. The number of benzene rings is 1. The number of nitrogens with one attached hydrogen (secondary N) is 3. The van der Waals surface area contributed by atoms with Crippen LogP contribution in [-0.2, 0) is 24.9 Å². The minimum Gasteiger partial charge on any atom is -0.497 e. The molecule has 1 aromatic carbocycles. The smallest absolute Gasteiger partial charge is 0.239 e. The van der Waals surface area contributed by atoms with Gasteiger partial charge in [-0.1, -0.05) is 12.1 Å². The molecular formula is C17H26IN7O2. The van der Waals surface area contributed by atoms with E-state index >= 15 is 0 Å². The van der Waals surface area contributed by atoms with Gasteiger partial charge in [-0.15, -0.1) is 24.0 Å². The number of rotatable bonds is 8. The summed E-state index contributed by atoms with van der Waals surface area (Å²) in [6.07, 6.45) is 1.48. The second kappa shape index (κ2) is 12.1. The molecule has 9 nitrogen and oxygen atoms in total. The van der Waals surface area contributed by atoms with Crippen LogP contribution in [0.4, 0.5) is 0 Å². The molecule has 2 rings (SSSR count). The molecule has 0 radical (unpaired) electrons. The highest BCUT2D eigenvalue weighted by molar-refractivity contribution is 14.0. The highest BCUT2D eigenvalue weighted by atomic mass is 127. The van der Waals surface area contributed by atoms with E-state index in [0.29, 0.717) is 25.6 Å². The van der Waals surface area contributed by atoms with Crippen LogP contribution in [0.5, 0.6) is 5.75 Å². The Balaban J connectivity index is 0.00000364. The molecule has 0 atom stereocenters. The molecule has 1 amide bonds. The molecule has 1 heterocycles. The number of aromatic nitrogens is 3. The number of carbonyl (C=O) groups excluding carboxylic acids is 1. The first-order valence-electron chi connectivity index (χ1n) is 8.37. The molecule has 0 bridgehead atoms. The van der Waals surface area contributed by atoms with Gasteiger partial charge >= 0.3 is 0 Å². The summed E-state index contributed by atoms with van der Waals surface area (Å²) >= 11 is 0. The second-order valence-electron chi connectivity index (χ2n) is 5.47. The molecule has 0 saturated heterocycles. The number of ether oxygens (including phenoxy) is 1.